The van der Waals surface area contributed by atoms with Crippen LogP contribution in [0, 0.1) is 0 Å². The lowest BCUT2D eigenvalue weighted by atomic mass is 10.1. The maximum absolute atomic E-state index is 12.7. The largest absolute Gasteiger partial charge is 0.454 e. The summed E-state index contributed by atoms with van der Waals surface area (Å²) in [6.45, 7) is 6.32. The second-order valence-electron chi connectivity index (χ2n) is 5.95. The van der Waals surface area contributed by atoms with E-state index in [0.717, 1.165) is 13.1 Å². The molecule has 1 saturated heterocycles. The average molecular weight is 336 g/mol. The Hall–Kier alpha value is -1.83. The van der Waals surface area contributed by atoms with Crippen molar-refractivity contribution < 1.29 is 24.1 Å². The van der Waals surface area contributed by atoms with Crippen LogP contribution in [-0.4, -0.2) is 79.6 Å². The van der Waals surface area contributed by atoms with Crippen LogP contribution < -0.4 is 9.47 Å². The van der Waals surface area contributed by atoms with Crippen molar-refractivity contribution in [1.82, 2.24) is 9.80 Å². The molecule has 7 nitrogen and oxygen atoms in total. The lowest BCUT2D eigenvalue weighted by molar-refractivity contribution is 0.0111. The molecule has 2 heterocycles. The van der Waals surface area contributed by atoms with Gasteiger partial charge in [0.15, 0.2) is 11.5 Å². The summed E-state index contributed by atoms with van der Waals surface area (Å²) in [6.07, 6.45) is -0.491. The molecular formula is C17H24N2O5. The molecule has 1 fully saturated rings. The van der Waals surface area contributed by atoms with E-state index in [9.17, 15) is 9.90 Å². The molecule has 7 heteroatoms. The van der Waals surface area contributed by atoms with Crippen LogP contribution in [-0.2, 0) is 4.74 Å². The van der Waals surface area contributed by atoms with E-state index in [1.807, 2.05) is 11.8 Å². The molecule has 0 aliphatic carbocycles. The number of nitrogens with zero attached hydrogens (tertiary/aromatic N) is 2. The second kappa shape index (κ2) is 7.83. The molecule has 1 atom stereocenters. The number of amides is 1. The maximum atomic E-state index is 12.7. The minimum absolute atomic E-state index is 0.0353. The minimum atomic E-state index is -0.491. The predicted molar refractivity (Wildman–Crippen MR) is 87.4 cm³/mol. The fourth-order valence-electron chi connectivity index (χ4n) is 3.01. The van der Waals surface area contributed by atoms with E-state index in [-0.39, 0.29) is 12.7 Å². The van der Waals surface area contributed by atoms with E-state index in [4.69, 9.17) is 14.2 Å². The van der Waals surface area contributed by atoms with Crippen molar-refractivity contribution in [3.8, 4) is 11.5 Å². The molecule has 0 radical (unpaired) electrons. The first kappa shape index (κ1) is 17.0. The summed E-state index contributed by atoms with van der Waals surface area (Å²) in [6, 6.07) is 5.38. The highest BCUT2D eigenvalue weighted by molar-refractivity contribution is 5.98. The topological polar surface area (TPSA) is 71.5 Å². The Morgan fingerprint density at radius 2 is 2.08 bits per heavy atom. The molecule has 0 bridgehead atoms. The normalized spacial score (nSPS) is 18.7. The van der Waals surface area contributed by atoms with Crippen molar-refractivity contribution in [1.29, 1.82) is 0 Å². The second-order valence-corrected chi connectivity index (χ2v) is 5.95. The van der Waals surface area contributed by atoms with Crippen LogP contribution in [0.25, 0.3) is 0 Å². The Labute approximate surface area is 141 Å². The first-order chi connectivity index (χ1) is 11.7. The summed E-state index contributed by atoms with van der Waals surface area (Å²) in [5.74, 6) is 1.13. The molecule has 24 heavy (non-hydrogen) atoms. The van der Waals surface area contributed by atoms with Crippen LogP contribution in [0.4, 0.5) is 0 Å². The van der Waals surface area contributed by atoms with Gasteiger partial charge >= 0.3 is 0 Å². The van der Waals surface area contributed by atoms with Crippen LogP contribution in [0.1, 0.15) is 17.3 Å². The van der Waals surface area contributed by atoms with Crippen LogP contribution in [0.2, 0.25) is 0 Å². The molecule has 2 aliphatic heterocycles. The highest BCUT2D eigenvalue weighted by atomic mass is 16.7. The zero-order valence-electron chi connectivity index (χ0n) is 13.9. The Morgan fingerprint density at radius 3 is 2.83 bits per heavy atom. The van der Waals surface area contributed by atoms with Gasteiger partial charge in [-0.1, -0.05) is 6.07 Å². The number of β-amino-alcohol motifs (C(OH)–C–C–N with tert-alkyl or cyclic N) is 1. The monoisotopic (exact) mass is 336 g/mol. The summed E-state index contributed by atoms with van der Waals surface area (Å²) >= 11 is 0. The predicted octanol–water partition coefficient (Wildman–Crippen LogP) is 0.571. The highest BCUT2D eigenvalue weighted by Crippen LogP contribution is 2.35. The molecule has 1 amide bonds. The molecule has 1 aromatic rings. The van der Waals surface area contributed by atoms with Crippen molar-refractivity contribution in [3.63, 3.8) is 0 Å². The number of para-hydroxylation sites is 1. The van der Waals surface area contributed by atoms with Crippen LogP contribution in [0.5, 0.6) is 11.5 Å². The van der Waals surface area contributed by atoms with Gasteiger partial charge in [0.25, 0.3) is 5.91 Å². The molecule has 132 valence electrons. The number of carbonyl (C=O) groups excluding carboxylic acids is 1. The number of rotatable bonds is 6. The first-order valence-corrected chi connectivity index (χ1v) is 8.35. The van der Waals surface area contributed by atoms with E-state index in [1.54, 1.807) is 18.2 Å². The van der Waals surface area contributed by atoms with E-state index >= 15 is 0 Å². The van der Waals surface area contributed by atoms with Gasteiger partial charge in [0.2, 0.25) is 6.79 Å². The number of ether oxygens (including phenoxy) is 3. The average Bonchev–Trinajstić information content (AvgIpc) is 3.08. The SMILES string of the molecule is CCOC[C@@H](O)CN1CCN(C(=O)c2cccc3c2OCO3)CC1. The number of piperazine rings is 1. The quantitative estimate of drug-likeness (QED) is 0.819. The zero-order chi connectivity index (χ0) is 16.9. The number of carbonyl (C=O) groups is 1. The molecule has 1 N–H and O–H groups in total. The number of hydrogen-bond acceptors (Lipinski definition) is 6. The third-order valence-corrected chi connectivity index (χ3v) is 4.27. The smallest absolute Gasteiger partial charge is 0.257 e. The number of hydrogen-bond donors (Lipinski definition) is 1. The summed E-state index contributed by atoms with van der Waals surface area (Å²) in [5.41, 5.74) is 0.551. The van der Waals surface area contributed by atoms with Gasteiger partial charge in [-0.2, -0.15) is 0 Å². The summed E-state index contributed by atoms with van der Waals surface area (Å²) in [5, 5.41) is 9.91. The Balaban J connectivity index is 1.53. The molecule has 0 saturated carbocycles. The molecule has 0 aromatic heterocycles. The van der Waals surface area contributed by atoms with Crippen molar-refractivity contribution in [2.24, 2.45) is 0 Å². The molecular weight excluding hydrogens is 312 g/mol. The van der Waals surface area contributed by atoms with Gasteiger partial charge in [0.05, 0.1) is 18.3 Å². The van der Waals surface area contributed by atoms with Crippen molar-refractivity contribution >= 4 is 5.91 Å². The number of fused-ring (bicyclic) bond motifs is 1. The van der Waals surface area contributed by atoms with E-state index in [0.29, 0.717) is 49.9 Å². The number of benzene rings is 1. The highest BCUT2D eigenvalue weighted by Gasteiger charge is 2.28. The lowest BCUT2D eigenvalue weighted by Crippen LogP contribution is -2.50. The summed E-state index contributed by atoms with van der Waals surface area (Å²) < 4.78 is 16.0. The summed E-state index contributed by atoms with van der Waals surface area (Å²) in [7, 11) is 0. The third-order valence-electron chi connectivity index (χ3n) is 4.27. The number of aliphatic hydroxyl groups excluding tert-OH is 1. The van der Waals surface area contributed by atoms with Gasteiger partial charge in [-0.05, 0) is 19.1 Å². The van der Waals surface area contributed by atoms with Gasteiger partial charge < -0.3 is 24.2 Å². The van der Waals surface area contributed by atoms with Gasteiger partial charge in [0.1, 0.15) is 0 Å². The molecule has 0 unspecified atom stereocenters. The minimum Gasteiger partial charge on any atom is -0.454 e. The Morgan fingerprint density at radius 1 is 1.29 bits per heavy atom. The Kier molecular flexibility index (Phi) is 5.55. The molecule has 0 spiro atoms. The fourth-order valence-corrected chi connectivity index (χ4v) is 3.01. The molecule has 3 rings (SSSR count). The Bertz CT molecular complexity index is 572. The maximum Gasteiger partial charge on any atom is 0.257 e. The zero-order valence-corrected chi connectivity index (χ0v) is 13.9. The van der Waals surface area contributed by atoms with Crippen molar-refractivity contribution in [2.45, 2.75) is 13.0 Å². The van der Waals surface area contributed by atoms with Crippen molar-refractivity contribution in [2.75, 3.05) is 52.7 Å². The lowest BCUT2D eigenvalue weighted by Gasteiger charge is -2.35. The van der Waals surface area contributed by atoms with Gasteiger partial charge in [0, 0.05) is 39.3 Å². The first-order valence-electron chi connectivity index (χ1n) is 8.35. The van der Waals surface area contributed by atoms with Gasteiger partial charge in [-0.3, -0.25) is 9.69 Å². The van der Waals surface area contributed by atoms with E-state index in [1.165, 1.54) is 0 Å². The standard InChI is InChI=1S/C17H24N2O5/c1-2-22-11-13(20)10-18-6-8-19(9-7-18)17(21)14-4-3-5-15-16(14)24-12-23-15/h3-5,13,20H,2,6-12H2,1H3/t13-/m0/s1. The van der Waals surface area contributed by atoms with E-state index in [2.05, 4.69) is 4.90 Å². The van der Waals surface area contributed by atoms with E-state index < -0.39 is 6.10 Å². The number of aliphatic hydroxyl groups is 1. The summed E-state index contributed by atoms with van der Waals surface area (Å²) in [4.78, 5) is 16.7. The molecule has 2 aliphatic rings. The van der Waals surface area contributed by atoms with Gasteiger partial charge in [-0.25, -0.2) is 0 Å². The molecule has 1 aromatic carbocycles. The fraction of sp³-hybridized carbons (Fsp3) is 0.588. The van der Waals surface area contributed by atoms with Crippen LogP contribution >= 0.6 is 0 Å². The third kappa shape index (κ3) is 3.80. The van der Waals surface area contributed by atoms with Crippen LogP contribution in [0.3, 0.4) is 0 Å². The van der Waals surface area contributed by atoms with Gasteiger partial charge in [-0.15, -0.1) is 0 Å². The van der Waals surface area contributed by atoms with Crippen molar-refractivity contribution in [3.05, 3.63) is 23.8 Å². The van der Waals surface area contributed by atoms with Crippen LogP contribution in [0.15, 0.2) is 18.2 Å².